The molecule has 3 heterocycles. The van der Waals surface area contributed by atoms with Crippen LogP contribution in [0, 0.1) is 5.92 Å². The maximum absolute atomic E-state index is 4.62. The summed E-state index contributed by atoms with van der Waals surface area (Å²) < 4.78 is 1.89. The molecule has 0 amide bonds. The maximum Gasteiger partial charge on any atom is 0.232 e. The van der Waals surface area contributed by atoms with Crippen LogP contribution in [0.5, 0.6) is 0 Å². The molecule has 0 bridgehead atoms. The fraction of sp³-hybridized carbons (Fsp3) is 0.556. The minimum Gasteiger partial charge on any atom is -0.365 e. The molecule has 3 N–H and O–H groups in total. The average Bonchev–Trinajstić information content (AvgIpc) is 3.10. The van der Waals surface area contributed by atoms with E-state index >= 15 is 0 Å². The molecule has 3 aromatic rings. The van der Waals surface area contributed by atoms with E-state index in [0.29, 0.717) is 23.7 Å². The first-order valence-corrected chi connectivity index (χ1v) is 8.40. The number of hydrogen-bond donors (Lipinski definition) is 3. The van der Waals surface area contributed by atoms with Gasteiger partial charge in [-0.15, -0.1) is 0 Å². The third kappa shape index (κ3) is 4.91. The van der Waals surface area contributed by atoms with Crippen LogP contribution in [0.1, 0.15) is 54.5 Å². The minimum atomic E-state index is 0. The summed E-state index contributed by atoms with van der Waals surface area (Å²) in [5, 5.41) is 11.1. The Bertz CT molecular complexity index is 852. The lowest BCUT2D eigenvalue weighted by Crippen LogP contribution is -2.19. The van der Waals surface area contributed by atoms with Crippen LogP contribution in [0.3, 0.4) is 0 Å². The third-order valence-corrected chi connectivity index (χ3v) is 4.36. The minimum absolute atomic E-state index is 0. The van der Waals surface area contributed by atoms with Crippen LogP contribution in [0.4, 0.5) is 17.6 Å². The molecule has 3 aromatic heterocycles. The highest BCUT2D eigenvalue weighted by molar-refractivity contribution is 7.59. The van der Waals surface area contributed by atoms with Crippen LogP contribution in [0.15, 0.2) is 18.6 Å². The molecule has 9 heteroatoms. The van der Waals surface area contributed by atoms with Crippen molar-refractivity contribution in [1.29, 1.82) is 0 Å². The predicted molar refractivity (Wildman–Crippen MR) is 117 cm³/mol. The molecule has 0 spiro atoms. The number of aromatic nitrogens is 6. The normalized spacial score (nSPS) is 14.1. The van der Waals surface area contributed by atoms with Crippen molar-refractivity contribution in [2.45, 2.75) is 60.5 Å². The summed E-state index contributed by atoms with van der Waals surface area (Å²) >= 11 is 0. The lowest BCUT2D eigenvalue weighted by atomic mass is 10.2. The summed E-state index contributed by atoms with van der Waals surface area (Å²) in [6.07, 6.45) is 6.14. The highest BCUT2D eigenvalue weighted by atomic mass is 32.1. The van der Waals surface area contributed by atoms with Crippen molar-refractivity contribution < 1.29 is 0 Å². The van der Waals surface area contributed by atoms with E-state index in [1.54, 1.807) is 6.33 Å². The van der Waals surface area contributed by atoms with Crippen molar-refractivity contribution >= 4 is 42.2 Å². The quantitative estimate of drug-likeness (QED) is 0.573. The van der Waals surface area contributed by atoms with E-state index < -0.39 is 0 Å². The number of hydrogen-bond acceptors (Lipinski definition) is 6. The molecule has 1 fully saturated rings. The lowest BCUT2D eigenvalue weighted by molar-refractivity contribution is 0.534. The molecular formula is C18H32N8S. The van der Waals surface area contributed by atoms with Gasteiger partial charge in [0.25, 0.3) is 0 Å². The summed E-state index contributed by atoms with van der Waals surface area (Å²) in [6, 6.07) is 2.61. The molecule has 1 atom stereocenters. The number of nitrogens with zero attached hydrogens (tertiary/aromatic N) is 5. The van der Waals surface area contributed by atoms with Crippen LogP contribution < -0.4 is 10.6 Å². The highest BCUT2D eigenvalue weighted by Crippen LogP contribution is 2.34. The zero-order valence-corrected chi connectivity index (χ0v) is 15.6. The fourth-order valence-electron chi connectivity index (χ4n) is 2.73. The van der Waals surface area contributed by atoms with E-state index in [1.807, 2.05) is 16.9 Å². The van der Waals surface area contributed by atoms with Crippen molar-refractivity contribution in [3.63, 3.8) is 0 Å². The molecule has 0 radical (unpaired) electrons. The number of nitrogens with one attached hydrogen (secondary N) is 3. The molecule has 4 rings (SSSR count). The Morgan fingerprint density at radius 1 is 1.19 bits per heavy atom. The van der Waals surface area contributed by atoms with Gasteiger partial charge < -0.3 is 15.6 Å². The van der Waals surface area contributed by atoms with E-state index in [1.165, 1.54) is 12.8 Å². The Hall–Kier alpha value is -2.29. The first kappa shape index (κ1) is 22.8. The van der Waals surface area contributed by atoms with E-state index in [0.717, 1.165) is 23.1 Å². The predicted octanol–water partition coefficient (Wildman–Crippen LogP) is 4.47. The van der Waals surface area contributed by atoms with E-state index in [4.69, 9.17) is 0 Å². The number of anilines is 3. The molecule has 1 aliphatic carbocycles. The monoisotopic (exact) mass is 392 g/mol. The van der Waals surface area contributed by atoms with Gasteiger partial charge in [0, 0.05) is 24.3 Å². The van der Waals surface area contributed by atoms with Crippen molar-refractivity contribution in [3.8, 4) is 0 Å². The standard InChI is InChI=1S/C16H22N8.2CH4.H2S/c1-9(2)24-7-6-12(23-24)20-16-21-14-13(17-8-18-14)15(22-16)19-10(3)11-4-5-11;;;/h6-11H,4-5H2,1-3H3,(H3,17,18,19,20,21,22,23);2*1H4;1H2. The lowest BCUT2D eigenvalue weighted by Gasteiger charge is -2.14. The van der Waals surface area contributed by atoms with Crippen LogP contribution in [0.2, 0.25) is 0 Å². The number of aromatic amines is 1. The Morgan fingerprint density at radius 3 is 2.56 bits per heavy atom. The molecule has 0 aromatic carbocycles. The van der Waals surface area contributed by atoms with Crippen molar-refractivity contribution in [2.75, 3.05) is 10.6 Å². The molecule has 1 unspecified atom stereocenters. The topological polar surface area (TPSA) is 96.3 Å². The molecule has 150 valence electrons. The van der Waals surface area contributed by atoms with Crippen LogP contribution in [-0.2, 0) is 0 Å². The number of H-pyrrole nitrogens is 1. The van der Waals surface area contributed by atoms with Gasteiger partial charge in [-0.2, -0.15) is 28.6 Å². The van der Waals surface area contributed by atoms with Gasteiger partial charge in [0.1, 0.15) is 5.52 Å². The van der Waals surface area contributed by atoms with Gasteiger partial charge >= 0.3 is 0 Å². The number of imidazole rings is 1. The largest absolute Gasteiger partial charge is 0.365 e. The first-order chi connectivity index (χ1) is 11.6. The van der Waals surface area contributed by atoms with Gasteiger partial charge in [-0.1, -0.05) is 14.9 Å². The Balaban J connectivity index is 0.00000121. The summed E-state index contributed by atoms with van der Waals surface area (Å²) in [4.78, 5) is 16.5. The van der Waals surface area contributed by atoms with Crippen LogP contribution in [0.25, 0.3) is 11.2 Å². The molecule has 0 aliphatic heterocycles. The Morgan fingerprint density at radius 2 is 1.93 bits per heavy atom. The van der Waals surface area contributed by atoms with Crippen LogP contribution in [-0.4, -0.2) is 35.8 Å². The summed E-state index contributed by atoms with van der Waals surface area (Å²) in [7, 11) is 0. The maximum atomic E-state index is 4.62. The summed E-state index contributed by atoms with van der Waals surface area (Å²) in [5.74, 6) is 2.73. The Labute approximate surface area is 168 Å². The zero-order chi connectivity index (χ0) is 16.7. The first-order valence-electron chi connectivity index (χ1n) is 8.40. The van der Waals surface area contributed by atoms with Crippen molar-refractivity contribution in [2.24, 2.45) is 5.92 Å². The molecule has 1 aliphatic rings. The van der Waals surface area contributed by atoms with Crippen LogP contribution >= 0.6 is 13.5 Å². The van der Waals surface area contributed by atoms with Gasteiger partial charge in [-0.05, 0) is 39.5 Å². The van der Waals surface area contributed by atoms with E-state index in [9.17, 15) is 0 Å². The number of fused-ring (bicyclic) bond motifs is 1. The highest BCUT2D eigenvalue weighted by Gasteiger charge is 2.28. The summed E-state index contributed by atoms with van der Waals surface area (Å²) in [6.45, 7) is 6.37. The second kappa shape index (κ2) is 9.07. The molecule has 27 heavy (non-hydrogen) atoms. The summed E-state index contributed by atoms with van der Waals surface area (Å²) in [5.41, 5.74) is 1.47. The van der Waals surface area contributed by atoms with Gasteiger partial charge in [-0.3, -0.25) is 4.68 Å². The molecule has 1 saturated carbocycles. The molecule has 8 nitrogen and oxygen atoms in total. The van der Waals surface area contributed by atoms with Gasteiger partial charge in [0.05, 0.1) is 6.33 Å². The average molecular weight is 393 g/mol. The van der Waals surface area contributed by atoms with E-state index in [-0.39, 0.29) is 28.3 Å². The van der Waals surface area contributed by atoms with Gasteiger partial charge in [0.15, 0.2) is 17.3 Å². The SMILES string of the molecule is C.C.CC(Nc1nc(Nc2ccn(C(C)C)n2)nc2nc[nH]c12)C1CC1.S. The fourth-order valence-corrected chi connectivity index (χ4v) is 2.73. The second-order valence-corrected chi connectivity index (χ2v) is 6.67. The number of rotatable bonds is 6. The third-order valence-electron chi connectivity index (χ3n) is 4.36. The zero-order valence-electron chi connectivity index (χ0n) is 14.6. The molecular weight excluding hydrogens is 360 g/mol. The van der Waals surface area contributed by atoms with Gasteiger partial charge in [0.2, 0.25) is 5.95 Å². The smallest absolute Gasteiger partial charge is 0.232 e. The van der Waals surface area contributed by atoms with Crippen molar-refractivity contribution in [1.82, 2.24) is 29.7 Å². The van der Waals surface area contributed by atoms with Crippen molar-refractivity contribution in [3.05, 3.63) is 18.6 Å². The second-order valence-electron chi connectivity index (χ2n) is 6.67. The molecule has 0 saturated heterocycles. The van der Waals surface area contributed by atoms with E-state index in [2.05, 4.69) is 56.4 Å². The van der Waals surface area contributed by atoms with Gasteiger partial charge in [-0.25, -0.2) is 4.98 Å². The Kier molecular flexibility index (Phi) is 7.65.